The maximum absolute atomic E-state index is 12.6. The number of aromatic nitrogens is 2. The van der Waals surface area contributed by atoms with Gasteiger partial charge in [-0.2, -0.15) is 4.98 Å². The minimum absolute atomic E-state index is 0.127. The van der Waals surface area contributed by atoms with Crippen molar-refractivity contribution in [2.45, 2.75) is 13.8 Å². The number of anilines is 1. The molecule has 8 nitrogen and oxygen atoms in total. The molecule has 1 N–H and O–H groups in total. The Balaban J connectivity index is 1.50. The smallest absolute Gasteiger partial charge is 0.262 e. The highest BCUT2D eigenvalue weighted by Gasteiger charge is 2.17. The van der Waals surface area contributed by atoms with Crippen molar-refractivity contribution >= 4 is 11.6 Å². The van der Waals surface area contributed by atoms with Gasteiger partial charge in [0.2, 0.25) is 5.82 Å². The van der Waals surface area contributed by atoms with E-state index in [0.717, 1.165) is 11.1 Å². The number of nitrogens with zero attached hydrogens (tertiary/aromatic N) is 2. The number of hydrogen-bond acceptors (Lipinski definition) is 7. The van der Waals surface area contributed by atoms with Crippen LogP contribution in [0.3, 0.4) is 0 Å². The Bertz CT molecular complexity index is 1300. The summed E-state index contributed by atoms with van der Waals surface area (Å²) < 4.78 is 21.8. The van der Waals surface area contributed by atoms with Gasteiger partial charge in [0, 0.05) is 5.56 Å². The highest BCUT2D eigenvalue weighted by molar-refractivity contribution is 5.95. The number of para-hydroxylation sites is 1. The molecule has 0 aliphatic carbocycles. The van der Waals surface area contributed by atoms with Crippen molar-refractivity contribution in [2.75, 3.05) is 26.1 Å². The monoisotopic (exact) mass is 459 g/mol. The van der Waals surface area contributed by atoms with Crippen LogP contribution in [0.2, 0.25) is 0 Å². The number of carbonyl (C=O) groups is 1. The van der Waals surface area contributed by atoms with E-state index in [4.69, 9.17) is 18.7 Å². The molecule has 1 aromatic heterocycles. The van der Waals surface area contributed by atoms with Gasteiger partial charge in [0.05, 0.1) is 25.5 Å². The number of benzene rings is 3. The molecule has 0 saturated heterocycles. The lowest BCUT2D eigenvalue weighted by atomic mass is 10.1. The minimum atomic E-state index is -0.300. The second-order valence-electron chi connectivity index (χ2n) is 7.70. The van der Waals surface area contributed by atoms with Crippen LogP contribution < -0.4 is 19.5 Å². The predicted molar refractivity (Wildman–Crippen MR) is 128 cm³/mol. The van der Waals surface area contributed by atoms with E-state index in [1.54, 1.807) is 38.5 Å². The number of rotatable bonds is 8. The van der Waals surface area contributed by atoms with Crippen molar-refractivity contribution in [3.63, 3.8) is 0 Å². The van der Waals surface area contributed by atoms with Crippen molar-refractivity contribution in [1.29, 1.82) is 0 Å². The van der Waals surface area contributed by atoms with Crippen molar-refractivity contribution in [3.05, 3.63) is 71.8 Å². The zero-order chi connectivity index (χ0) is 24.1. The van der Waals surface area contributed by atoms with E-state index in [1.807, 2.05) is 50.2 Å². The third-order valence-electron chi connectivity index (χ3n) is 5.06. The molecule has 0 unspecified atom stereocenters. The van der Waals surface area contributed by atoms with Gasteiger partial charge in [0.25, 0.3) is 11.8 Å². The number of aryl methyl sites for hydroxylation is 2. The Morgan fingerprint density at radius 2 is 1.68 bits per heavy atom. The van der Waals surface area contributed by atoms with Crippen LogP contribution in [0.5, 0.6) is 17.2 Å². The third kappa shape index (κ3) is 5.17. The van der Waals surface area contributed by atoms with Crippen LogP contribution in [0.4, 0.5) is 5.69 Å². The van der Waals surface area contributed by atoms with E-state index in [1.165, 1.54) is 0 Å². The molecule has 0 spiro atoms. The highest BCUT2D eigenvalue weighted by Crippen LogP contribution is 2.33. The second kappa shape index (κ2) is 10.1. The largest absolute Gasteiger partial charge is 0.493 e. The number of hydrogen-bond donors (Lipinski definition) is 1. The van der Waals surface area contributed by atoms with Gasteiger partial charge in [0.1, 0.15) is 5.75 Å². The molecule has 3 aromatic carbocycles. The summed E-state index contributed by atoms with van der Waals surface area (Å²) in [6, 6.07) is 18.4. The highest BCUT2D eigenvalue weighted by atomic mass is 16.5. The Morgan fingerprint density at radius 3 is 2.41 bits per heavy atom. The first-order valence-corrected chi connectivity index (χ1v) is 10.6. The van der Waals surface area contributed by atoms with Gasteiger partial charge in [0.15, 0.2) is 18.1 Å². The molecule has 0 radical (unpaired) electrons. The summed E-state index contributed by atoms with van der Waals surface area (Å²) in [5.41, 5.74) is 3.99. The summed E-state index contributed by atoms with van der Waals surface area (Å²) in [6.45, 7) is 3.84. The maximum Gasteiger partial charge on any atom is 0.262 e. The summed E-state index contributed by atoms with van der Waals surface area (Å²) in [4.78, 5) is 17.1. The van der Waals surface area contributed by atoms with E-state index in [-0.39, 0.29) is 18.4 Å². The molecule has 0 bridgehead atoms. The fraction of sp³-hybridized carbons (Fsp3) is 0.192. The molecular formula is C26H25N3O5. The van der Waals surface area contributed by atoms with Gasteiger partial charge >= 0.3 is 0 Å². The third-order valence-corrected chi connectivity index (χ3v) is 5.06. The van der Waals surface area contributed by atoms with Crippen LogP contribution in [0.25, 0.3) is 22.8 Å². The van der Waals surface area contributed by atoms with E-state index >= 15 is 0 Å². The molecule has 0 atom stereocenters. The molecule has 1 heterocycles. The molecule has 174 valence electrons. The predicted octanol–water partition coefficient (Wildman–Crippen LogP) is 5.06. The van der Waals surface area contributed by atoms with Gasteiger partial charge in [-0.05, 0) is 67.4 Å². The maximum atomic E-state index is 12.6. The van der Waals surface area contributed by atoms with Crippen LogP contribution >= 0.6 is 0 Å². The zero-order valence-electron chi connectivity index (χ0n) is 19.4. The van der Waals surface area contributed by atoms with Crippen molar-refractivity contribution in [2.24, 2.45) is 0 Å². The van der Waals surface area contributed by atoms with Gasteiger partial charge in [-0.3, -0.25) is 4.79 Å². The normalized spacial score (nSPS) is 10.6. The van der Waals surface area contributed by atoms with Crippen molar-refractivity contribution in [3.8, 4) is 40.1 Å². The van der Waals surface area contributed by atoms with Crippen molar-refractivity contribution < 1.29 is 23.5 Å². The number of ether oxygens (including phenoxy) is 3. The molecule has 0 aliphatic rings. The Hall–Kier alpha value is -4.33. The number of nitrogens with one attached hydrogen (secondary N) is 1. The molecule has 34 heavy (non-hydrogen) atoms. The first-order valence-electron chi connectivity index (χ1n) is 10.6. The minimum Gasteiger partial charge on any atom is -0.493 e. The first-order chi connectivity index (χ1) is 16.5. The number of methoxy groups -OCH3 is 2. The zero-order valence-corrected chi connectivity index (χ0v) is 19.4. The lowest BCUT2D eigenvalue weighted by Gasteiger charge is -2.10. The fourth-order valence-corrected chi connectivity index (χ4v) is 3.56. The van der Waals surface area contributed by atoms with E-state index in [0.29, 0.717) is 39.9 Å². The topological polar surface area (TPSA) is 95.7 Å². The van der Waals surface area contributed by atoms with E-state index in [9.17, 15) is 4.79 Å². The average molecular weight is 460 g/mol. The molecule has 1 amide bonds. The molecule has 0 aliphatic heterocycles. The summed E-state index contributed by atoms with van der Waals surface area (Å²) >= 11 is 0. The standard InChI is InChI=1S/C26H25N3O5/c1-16-11-17(2)13-19(12-16)33-15-24(30)27-21-8-6-5-7-20(21)26-28-25(29-34-26)18-9-10-22(31-3)23(14-18)32-4/h5-14H,15H2,1-4H3,(H,27,30). The molecule has 0 fully saturated rings. The molecule has 8 heteroatoms. The van der Waals surface area contributed by atoms with Crippen LogP contribution in [-0.4, -0.2) is 36.9 Å². The molecule has 4 aromatic rings. The van der Waals surface area contributed by atoms with Crippen LogP contribution in [0, 0.1) is 13.8 Å². The van der Waals surface area contributed by atoms with Crippen LogP contribution in [-0.2, 0) is 4.79 Å². The summed E-state index contributed by atoms with van der Waals surface area (Å²) in [7, 11) is 3.13. The Kier molecular flexibility index (Phi) is 6.77. The Labute approximate surface area is 197 Å². The van der Waals surface area contributed by atoms with Crippen LogP contribution in [0.15, 0.2) is 65.2 Å². The van der Waals surface area contributed by atoms with Crippen LogP contribution in [0.1, 0.15) is 11.1 Å². The second-order valence-corrected chi connectivity index (χ2v) is 7.70. The lowest BCUT2D eigenvalue weighted by molar-refractivity contribution is -0.118. The first kappa shape index (κ1) is 22.8. The lowest BCUT2D eigenvalue weighted by Crippen LogP contribution is -2.20. The van der Waals surface area contributed by atoms with Gasteiger partial charge < -0.3 is 24.1 Å². The molecule has 0 saturated carbocycles. The number of amides is 1. The average Bonchev–Trinajstić information content (AvgIpc) is 3.32. The van der Waals surface area contributed by atoms with Gasteiger partial charge in [-0.25, -0.2) is 0 Å². The summed E-state index contributed by atoms with van der Waals surface area (Å²) in [6.07, 6.45) is 0. The van der Waals surface area contributed by atoms with E-state index < -0.39 is 0 Å². The Morgan fingerprint density at radius 1 is 0.941 bits per heavy atom. The van der Waals surface area contributed by atoms with Crippen molar-refractivity contribution in [1.82, 2.24) is 10.1 Å². The fourth-order valence-electron chi connectivity index (χ4n) is 3.56. The molecule has 4 rings (SSSR count). The van der Waals surface area contributed by atoms with Gasteiger partial charge in [-0.1, -0.05) is 23.4 Å². The SMILES string of the molecule is COc1ccc(-c2noc(-c3ccccc3NC(=O)COc3cc(C)cc(C)c3)n2)cc1OC. The molecular weight excluding hydrogens is 434 g/mol. The number of carbonyl (C=O) groups excluding carboxylic acids is 1. The van der Waals surface area contributed by atoms with Gasteiger partial charge in [-0.15, -0.1) is 0 Å². The van der Waals surface area contributed by atoms with E-state index in [2.05, 4.69) is 15.5 Å². The quantitative estimate of drug-likeness (QED) is 0.394. The summed E-state index contributed by atoms with van der Waals surface area (Å²) in [5.74, 6) is 2.17. The summed E-state index contributed by atoms with van der Waals surface area (Å²) in [5, 5.41) is 6.95.